The van der Waals surface area contributed by atoms with Gasteiger partial charge >= 0.3 is 0 Å². The van der Waals surface area contributed by atoms with E-state index in [2.05, 4.69) is 12.2 Å². The van der Waals surface area contributed by atoms with Crippen LogP contribution >= 0.6 is 0 Å². The predicted molar refractivity (Wildman–Crippen MR) is 76.3 cm³/mol. The number of hydrogen-bond donors (Lipinski definition) is 0. The highest BCUT2D eigenvalue weighted by atomic mass is 16.5. The number of amides is 1. The molecule has 2 unspecified atom stereocenters. The Hall–Kier alpha value is -1.97. The summed E-state index contributed by atoms with van der Waals surface area (Å²) < 4.78 is 10.5. The van der Waals surface area contributed by atoms with Crippen LogP contribution < -0.4 is 9.47 Å². The summed E-state index contributed by atoms with van der Waals surface area (Å²) in [5.41, 5.74) is 0.612. The third kappa shape index (κ3) is 2.05. The van der Waals surface area contributed by atoms with E-state index in [1.807, 2.05) is 4.90 Å². The van der Waals surface area contributed by atoms with Gasteiger partial charge in [0.25, 0.3) is 5.91 Å². The van der Waals surface area contributed by atoms with E-state index in [-0.39, 0.29) is 11.9 Å². The summed E-state index contributed by atoms with van der Waals surface area (Å²) in [4.78, 5) is 14.8. The van der Waals surface area contributed by atoms with Crippen molar-refractivity contribution in [1.82, 2.24) is 4.90 Å². The van der Waals surface area contributed by atoms with E-state index in [0.717, 1.165) is 19.3 Å². The van der Waals surface area contributed by atoms with Gasteiger partial charge < -0.3 is 14.4 Å². The van der Waals surface area contributed by atoms with Crippen LogP contribution in [0.4, 0.5) is 0 Å². The predicted octanol–water partition coefficient (Wildman–Crippen LogP) is 2.64. The molecule has 0 aliphatic carbocycles. The normalized spacial score (nSPS) is 23.8. The van der Waals surface area contributed by atoms with Crippen molar-refractivity contribution in [2.45, 2.75) is 31.3 Å². The van der Waals surface area contributed by atoms with E-state index in [4.69, 9.17) is 9.47 Å². The fourth-order valence-electron chi connectivity index (χ4n) is 3.16. The first kappa shape index (κ1) is 13.0. The molecule has 1 aromatic rings. The molecule has 4 heteroatoms. The number of hydrogen-bond acceptors (Lipinski definition) is 3. The second-order valence-corrected chi connectivity index (χ2v) is 5.24. The Morgan fingerprint density at radius 2 is 2.10 bits per heavy atom. The number of rotatable bonds is 3. The maximum atomic E-state index is 12.8. The van der Waals surface area contributed by atoms with Crippen LogP contribution in [-0.2, 0) is 0 Å². The molecule has 3 rings (SSSR count). The Balaban J connectivity index is 1.93. The van der Waals surface area contributed by atoms with Crippen LogP contribution in [0.5, 0.6) is 11.5 Å². The molecule has 0 spiro atoms. The molecule has 1 aromatic carbocycles. The van der Waals surface area contributed by atoms with Crippen LogP contribution in [0.15, 0.2) is 30.4 Å². The highest BCUT2D eigenvalue weighted by Gasteiger charge is 2.38. The van der Waals surface area contributed by atoms with Gasteiger partial charge in [-0.25, -0.2) is 0 Å². The first-order valence-corrected chi connectivity index (χ1v) is 6.96. The van der Waals surface area contributed by atoms with Crippen LogP contribution in [0.3, 0.4) is 0 Å². The minimum atomic E-state index is 0.0568. The van der Waals surface area contributed by atoms with Gasteiger partial charge in [-0.05, 0) is 31.4 Å². The zero-order valence-corrected chi connectivity index (χ0v) is 11.8. The second kappa shape index (κ2) is 5.19. The van der Waals surface area contributed by atoms with Gasteiger partial charge in [0.15, 0.2) is 0 Å². The molecule has 20 heavy (non-hydrogen) atoms. The summed E-state index contributed by atoms with van der Waals surface area (Å²) >= 11 is 0. The van der Waals surface area contributed by atoms with Crippen LogP contribution in [0, 0.1) is 0 Å². The largest absolute Gasteiger partial charge is 0.497 e. The lowest BCUT2D eigenvalue weighted by atomic mass is 10.1. The van der Waals surface area contributed by atoms with Gasteiger partial charge in [-0.1, -0.05) is 12.2 Å². The molecule has 2 atom stereocenters. The number of ether oxygens (including phenoxy) is 2. The summed E-state index contributed by atoms with van der Waals surface area (Å²) in [5, 5.41) is 0. The van der Waals surface area contributed by atoms with Crippen molar-refractivity contribution in [2.75, 3.05) is 14.2 Å². The topological polar surface area (TPSA) is 38.8 Å². The molecule has 106 valence electrons. The molecular formula is C16H19NO3. The SMILES string of the molecule is COc1ccc(C(=O)N2C3C=CCC2CC3)c(OC)c1. The van der Waals surface area contributed by atoms with Crippen molar-refractivity contribution in [1.29, 1.82) is 0 Å². The van der Waals surface area contributed by atoms with E-state index < -0.39 is 0 Å². The molecule has 1 saturated heterocycles. The van der Waals surface area contributed by atoms with E-state index in [9.17, 15) is 4.79 Å². The van der Waals surface area contributed by atoms with Crippen LogP contribution in [0.1, 0.15) is 29.6 Å². The maximum absolute atomic E-state index is 12.8. The van der Waals surface area contributed by atoms with E-state index >= 15 is 0 Å². The van der Waals surface area contributed by atoms with Gasteiger partial charge in [0.05, 0.1) is 25.8 Å². The first-order valence-electron chi connectivity index (χ1n) is 6.96. The minimum absolute atomic E-state index is 0.0568. The van der Waals surface area contributed by atoms with Crippen LogP contribution in [-0.4, -0.2) is 37.1 Å². The molecule has 0 saturated carbocycles. The summed E-state index contributed by atoms with van der Waals surface area (Å²) in [6.07, 6.45) is 7.45. The molecule has 2 aliphatic rings. The van der Waals surface area contributed by atoms with Gasteiger partial charge in [0.2, 0.25) is 0 Å². The lowest BCUT2D eigenvalue weighted by molar-refractivity contribution is 0.0685. The number of carbonyl (C=O) groups is 1. The lowest BCUT2D eigenvalue weighted by Crippen LogP contribution is -2.42. The van der Waals surface area contributed by atoms with E-state index in [1.165, 1.54) is 0 Å². The third-order valence-corrected chi connectivity index (χ3v) is 4.19. The minimum Gasteiger partial charge on any atom is -0.497 e. The summed E-state index contributed by atoms with van der Waals surface area (Å²) in [5.74, 6) is 1.32. The van der Waals surface area contributed by atoms with Gasteiger partial charge in [-0.3, -0.25) is 4.79 Å². The maximum Gasteiger partial charge on any atom is 0.258 e. The number of methoxy groups -OCH3 is 2. The average Bonchev–Trinajstić information content (AvgIpc) is 2.74. The fraction of sp³-hybridized carbons (Fsp3) is 0.438. The number of nitrogens with zero attached hydrogens (tertiary/aromatic N) is 1. The van der Waals surface area contributed by atoms with Crippen molar-refractivity contribution in [3.05, 3.63) is 35.9 Å². The number of fused-ring (bicyclic) bond motifs is 2. The van der Waals surface area contributed by atoms with Gasteiger partial charge in [0, 0.05) is 12.1 Å². The van der Waals surface area contributed by atoms with Gasteiger partial charge in [-0.2, -0.15) is 0 Å². The highest BCUT2D eigenvalue weighted by Crippen LogP contribution is 2.35. The summed E-state index contributed by atoms with van der Waals surface area (Å²) in [7, 11) is 3.18. The molecule has 2 heterocycles. The van der Waals surface area contributed by atoms with E-state index in [1.54, 1.807) is 32.4 Å². The summed E-state index contributed by atoms with van der Waals surface area (Å²) in [6.45, 7) is 0. The molecule has 4 nitrogen and oxygen atoms in total. The van der Waals surface area contributed by atoms with Crippen LogP contribution in [0.2, 0.25) is 0 Å². The first-order chi connectivity index (χ1) is 9.74. The molecule has 0 N–H and O–H groups in total. The Labute approximate surface area is 119 Å². The zero-order chi connectivity index (χ0) is 14.1. The lowest BCUT2D eigenvalue weighted by Gasteiger charge is -2.32. The Bertz CT molecular complexity index is 553. The second-order valence-electron chi connectivity index (χ2n) is 5.24. The number of benzene rings is 1. The van der Waals surface area contributed by atoms with Gasteiger partial charge in [0.1, 0.15) is 11.5 Å². The smallest absolute Gasteiger partial charge is 0.258 e. The summed E-state index contributed by atoms with van der Waals surface area (Å²) in [6, 6.07) is 5.93. The Kier molecular flexibility index (Phi) is 3.38. The molecule has 1 amide bonds. The molecule has 1 fully saturated rings. The van der Waals surface area contributed by atoms with Crippen LogP contribution in [0.25, 0.3) is 0 Å². The molecular weight excluding hydrogens is 254 g/mol. The van der Waals surface area contributed by atoms with Crippen molar-refractivity contribution < 1.29 is 14.3 Å². The number of carbonyl (C=O) groups excluding carboxylic acids is 1. The zero-order valence-electron chi connectivity index (χ0n) is 11.8. The van der Waals surface area contributed by atoms with Crippen molar-refractivity contribution >= 4 is 5.91 Å². The van der Waals surface area contributed by atoms with Crippen molar-refractivity contribution in [3.63, 3.8) is 0 Å². The van der Waals surface area contributed by atoms with Crippen molar-refractivity contribution in [2.24, 2.45) is 0 Å². The molecule has 2 aliphatic heterocycles. The monoisotopic (exact) mass is 273 g/mol. The van der Waals surface area contributed by atoms with Gasteiger partial charge in [-0.15, -0.1) is 0 Å². The quantitative estimate of drug-likeness (QED) is 0.795. The van der Waals surface area contributed by atoms with Crippen molar-refractivity contribution in [3.8, 4) is 11.5 Å². The standard InChI is InChI=1S/C16H19NO3/c1-19-13-8-9-14(15(10-13)20-2)16(18)17-11-4-3-5-12(17)7-6-11/h3-4,8-12H,5-7H2,1-2H3. The molecule has 2 bridgehead atoms. The Morgan fingerprint density at radius 1 is 1.25 bits per heavy atom. The molecule has 0 aromatic heterocycles. The highest BCUT2D eigenvalue weighted by molar-refractivity contribution is 5.98. The third-order valence-electron chi connectivity index (χ3n) is 4.19. The molecule has 0 radical (unpaired) electrons. The fourth-order valence-corrected chi connectivity index (χ4v) is 3.16. The Morgan fingerprint density at radius 3 is 2.80 bits per heavy atom. The average molecular weight is 273 g/mol. The van der Waals surface area contributed by atoms with E-state index in [0.29, 0.717) is 23.1 Å².